The van der Waals surface area contributed by atoms with Crippen molar-refractivity contribution in [2.24, 2.45) is 5.73 Å². The van der Waals surface area contributed by atoms with Gasteiger partial charge in [0.15, 0.2) is 0 Å². The predicted octanol–water partition coefficient (Wildman–Crippen LogP) is 1.95. The van der Waals surface area contributed by atoms with Gasteiger partial charge in [-0.05, 0) is 41.6 Å². The van der Waals surface area contributed by atoms with Gasteiger partial charge in [0.2, 0.25) is 11.8 Å². The maximum absolute atomic E-state index is 5.93. The van der Waals surface area contributed by atoms with Crippen molar-refractivity contribution >= 4 is 21.9 Å². The minimum atomic E-state index is 0.357. The van der Waals surface area contributed by atoms with Crippen LogP contribution in [0.2, 0.25) is 0 Å². The first-order valence-corrected chi connectivity index (χ1v) is 6.96. The molecule has 0 spiro atoms. The molecule has 0 saturated heterocycles. The monoisotopic (exact) mass is 314 g/mol. The smallest absolute Gasteiger partial charge is 0.232 e. The summed E-state index contributed by atoms with van der Waals surface area (Å²) in [6.45, 7) is 0. The van der Waals surface area contributed by atoms with Crippen molar-refractivity contribution in [3.63, 3.8) is 0 Å². The van der Waals surface area contributed by atoms with E-state index in [0.717, 1.165) is 30.2 Å². The van der Waals surface area contributed by atoms with E-state index in [9.17, 15) is 0 Å². The number of methoxy groups -OCH3 is 1. The number of hydrogen-bond donors (Lipinski definition) is 1. The van der Waals surface area contributed by atoms with Crippen LogP contribution in [0.5, 0.6) is 5.88 Å². The highest BCUT2D eigenvalue weighted by molar-refractivity contribution is 9.10. The number of rotatable bonds is 3. The third-order valence-corrected chi connectivity index (χ3v) is 4.04. The van der Waals surface area contributed by atoms with E-state index in [-0.39, 0.29) is 0 Å². The van der Waals surface area contributed by atoms with Gasteiger partial charge >= 0.3 is 0 Å². The second-order valence-electron chi connectivity index (χ2n) is 4.71. The van der Waals surface area contributed by atoms with E-state index < -0.39 is 0 Å². The van der Waals surface area contributed by atoms with Crippen LogP contribution in [-0.2, 0) is 0 Å². The Labute approximate surface area is 116 Å². The normalized spacial score (nSPS) is 23.8. The van der Waals surface area contributed by atoms with Crippen molar-refractivity contribution in [1.29, 1.82) is 0 Å². The Kier molecular flexibility index (Phi) is 4.40. The molecule has 1 heterocycles. The van der Waals surface area contributed by atoms with Gasteiger partial charge in [0, 0.05) is 19.1 Å². The maximum atomic E-state index is 5.93. The van der Waals surface area contributed by atoms with Crippen LogP contribution in [0.25, 0.3) is 0 Å². The lowest BCUT2D eigenvalue weighted by Crippen LogP contribution is -2.39. The molecule has 1 fully saturated rings. The minimum Gasteiger partial charge on any atom is -0.480 e. The van der Waals surface area contributed by atoms with Gasteiger partial charge in [0.25, 0.3) is 0 Å². The molecule has 1 aromatic rings. The van der Waals surface area contributed by atoms with Gasteiger partial charge in [-0.3, -0.25) is 0 Å². The van der Waals surface area contributed by atoms with Gasteiger partial charge in [-0.15, -0.1) is 0 Å². The second kappa shape index (κ2) is 5.84. The van der Waals surface area contributed by atoms with Gasteiger partial charge in [0.05, 0.1) is 17.8 Å². The van der Waals surface area contributed by atoms with Crippen molar-refractivity contribution in [1.82, 2.24) is 9.97 Å². The fourth-order valence-electron chi connectivity index (χ4n) is 2.31. The molecular weight excluding hydrogens is 296 g/mol. The van der Waals surface area contributed by atoms with E-state index in [1.807, 2.05) is 7.05 Å². The quantitative estimate of drug-likeness (QED) is 0.924. The van der Waals surface area contributed by atoms with E-state index >= 15 is 0 Å². The SMILES string of the molecule is COc1nc(N(C)C2CCC(N)CC2)ncc1Br. The third-order valence-electron chi connectivity index (χ3n) is 3.50. The van der Waals surface area contributed by atoms with E-state index in [4.69, 9.17) is 10.5 Å². The first kappa shape index (κ1) is 13.5. The van der Waals surface area contributed by atoms with Crippen LogP contribution < -0.4 is 15.4 Å². The van der Waals surface area contributed by atoms with Crippen molar-refractivity contribution in [2.75, 3.05) is 19.1 Å². The van der Waals surface area contributed by atoms with E-state index in [1.165, 1.54) is 0 Å². The zero-order valence-corrected chi connectivity index (χ0v) is 12.4. The van der Waals surface area contributed by atoms with Gasteiger partial charge in [-0.25, -0.2) is 4.98 Å². The molecule has 0 aliphatic heterocycles. The lowest BCUT2D eigenvalue weighted by atomic mass is 9.91. The van der Waals surface area contributed by atoms with Gasteiger partial charge in [-0.1, -0.05) is 0 Å². The fourth-order valence-corrected chi connectivity index (χ4v) is 2.66. The average Bonchev–Trinajstić information content (AvgIpc) is 2.39. The summed E-state index contributed by atoms with van der Waals surface area (Å²) in [7, 11) is 3.64. The Morgan fingerprint density at radius 1 is 1.39 bits per heavy atom. The number of anilines is 1. The number of halogens is 1. The zero-order valence-electron chi connectivity index (χ0n) is 10.8. The molecule has 0 bridgehead atoms. The Morgan fingerprint density at radius 2 is 2.06 bits per heavy atom. The van der Waals surface area contributed by atoms with Crippen LogP contribution in [0.3, 0.4) is 0 Å². The maximum Gasteiger partial charge on any atom is 0.232 e. The van der Waals surface area contributed by atoms with E-state index in [0.29, 0.717) is 23.9 Å². The highest BCUT2D eigenvalue weighted by atomic mass is 79.9. The van der Waals surface area contributed by atoms with Gasteiger partial charge in [0.1, 0.15) is 0 Å². The van der Waals surface area contributed by atoms with Crippen molar-refractivity contribution in [3.05, 3.63) is 10.7 Å². The predicted molar refractivity (Wildman–Crippen MR) is 74.9 cm³/mol. The Morgan fingerprint density at radius 3 is 2.67 bits per heavy atom. The molecule has 18 heavy (non-hydrogen) atoms. The summed E-state index contributed by atoms with van der Waals surface area (Å²) in [5.74, 6) is 1.27. The molecule has 0 atom stereocenters. The van der Waals surface area contributed by atoms with Crippen LogP contribution in [0.4, 0.5) is 5.95 Å². The number of hydrogen-bond acceptors (Lipinski definition) is 5. The van der Waals surface area contributed by atoms with Crippen molar-refractivity contribution < 1.29 is 4.74 Å². The average molecular weight is 315 g/mol. The van der Waals surface area contributed by atoms with Crippen LogP contribution in [-0.4, -0.2) is 36.2 Å². The second-order valence-corrected chi connectivity index (χ2v) is 5.56. The minimum absolute atomic E-state index is 0.357. The van der Waals surface area contributed by atoms with Crippen LogP contribution in [0, 0.1) is 0 Å². The third kappa shape index (κ3) is 2.92. The van der Waals surface area contributed by atoms with Crippen LogP contribution >= 0.6 is 15.9 Å². The van der Waals surface area contributed by atoms with Gasteiger partial charge < -0.3 is 15.4 Å². The summed E-state index contributed by atoms with van der Waals surface area (Å²) in [5.41, 5.74) is 5.93. The Bertz CT molecular complexity index is 407. The summed E-state index contributed by atoms with van der Waals surface area (Å²) in [5, 5.41) is 0. The van der Waals surface area contributed by atoms with E-state index in [2.05, 4.69) is 30.8 Å². The number of ether oxygens (including phenoxy) is 1. The highest BCUT2D eigenvalue weighted by Gasteiger charge is 2.24. The lowest BCUT2D eigenvalue weighted by Gasteiger charge is -2.33. The van der Waals surface area contributed by atoms with Crippen LogP contribution in [0.15, 0.2) is 10.7 Å². The molecule has 0 aromatic carbocycles. The fraction of sp³-hybridized carbons (Fsp3) is 0.667. The molecule has 5 nitrogen and oxygen atoms in total. The number of nitrogens with two attached hydrogens (primary N) is 1. The Balaban J connectivity index is 2.10. The summed E-state index contributed by atoms with van der Waals surface area (Å²) in [4.78, 5) is 10.9. The number of aromatic nitrogens is 2. The van der Waals surface area contributed by atoms with Crippen LogP contribution in [0.1, 0.15) is 25.7 Å². The molecule has 100 valence electrons. The van der Waals surface area contributed by atoms with E-state index in [1.54, 1.807) is 13.3 Å². The molecular formula is C12H19BrN4O. The largest absolute Gasteiger partial charge is 0.480 e. The Hall–Kier alpha value is -0.880. The van der Waals surface area contributed by atoms with Crippen molar-refractivity contribution in [2.45, 2.75) is 37.8 Å². The number of nitrogens with zero attached hydrogens (tertiary/aromatic N) is 3. The first-order valence-electron chi connectivity index (χ1n) is 6.16. The summed E-state index contributed by atoms with van der Waals surface area (Å²) >= 11 is 3.36. The standard InChI is InChI=1S/C12H19BrN4O/c1-17(9-5-3-8(14)4-6-9)12-15-7-10(13)11(16-12)18-2/h7-9H,3-6,14H2,1-2H3. The molecule has 1 aromatic heterocycles. The topological polar surface area (TPSA) is 64.3 Å². The molecule has 0 unspecified atom stereocenters. The molecule has 2 rings (SSSR count). The lowest BCUT2D eigenvalue weighted by molar-refractivity contribution is 0.376. The molecule has 1 aliphatic carbocycles. The molecule has 1 aliphatic rings. The summed E-state index contributed by atoms with van der Waals surface area (Å²) < 4.78 is 5.97. The molecule has 6 heteroatoms. The molecule has 2 N–H and O–H groups in total. The van der Waals surface area contributed by atoms with Gasteiger partial charge in [-0.2, -0.15) is 4.98 Å². The molecule has 0 radical (unpaired) electrons. The first-order chi connectivity index (χ1) is 8.61. The molecule has 0 amide bonds. The summed E-state index contributed by atoms with van der Waals surface area (Å²) in [6, 6.07) is 0.825. The molecule has 1 saturated carbocycles. The summed E-state index contributed by atoms with van der Waals surface area (Å²) in [6.07, 6.45) is 6.07. The zero-order chi connectivity index (χ0) is 13.1. The van der Waals surface area contributed by atoms with Crippen molar-refractivity contribution in [3.8, 4) is 5.88 Å². The highest BCUT2D eigenvalue weighted by Crippen LogP contribution is 2.27.